The lowest BCUT2D eigenvalue weighted by Crippen LogP contribution is -1.76. The summed E-state index contributed by atoms with van der Waals surface area (Å²) >= 11 is 7.90. The molecule has 0 aliphatic rings. The minimum Gasteiger partial charge on any atom is -0.265 e. The van der Waals surface area contributed by atoms with E-state index in [2.05, 4.69) is 30.2 Å². The highest BCUT2D eigenvalue weighted by Gasteiger charge is 1.82. The molecule has 0 aromatic rings. The molecule has 0 unspecified atom stereocenters. The van der Waals surface area contributed by atoms with Gasteiger partial charge in [0.1, 0.15) is 0 Å². The lowest BCUT2D eigenvalue weighted by Gasteiger charge is -1.88. The predicted octanol–water partition coefficient (Wildman–Crippen LogP) is 1.78. The zero-order valence-electron chi connectivity index (χ0n) is 4.70. The highest BCUT2D eigenvalue weighted by Crippen LogP contribution is 1.98. The molecule has 0 atom stereocenters. The van der Waals surface area contributed by atoms with Gasteiger partial charge < -0.3 is 0 Å². The highest BCUT2D eigenvalue weighted by atomic mass is 32.1. The summed E-state index contributed by atoms with van der Waals surface area (Å²) in [6, 6.07) is 0. The third kappa shape index (κ3) is 3.16. The molecule has 0 amide bonds. The van der Waals surface area contributed by atoms with Gasteiger partial charge in [-0.3, -0.25) is 4.99 Å². The van der Waals surface area contributed by atoms with Gasteiger partial charge in [-0.2, -0.15) is 12.6 Å². The Labute approximate surface area is 60.7 Å². The van der Waals surface area contributed by atoms with Crippen molar-refractivity contribution in [1.82, 2.24) is 0 Å². The maximum absolute atomic E-state index is 4.00. The van der Waals surface area contributed by atoms with Crippen molar-refractivity contribution < 1.29 is 0 Å². The molecule has 8 heavy (non-hydrogen) atoms. The molecule has 0 fully saturated rings. The van der Waals surface area contributed by atoms with Gasteiger partial charge in [0.05, 0.1) is 5.70 Å². The Balaban J connectivity index is 3.72. The van der Waals surface area contributed by atoms with Gasteiger partial charge in [-0.15, -0.1) is 12.6 Å². The van der Waals surface area contributed by atoms with Crippen LogP contribution in [0.2, 0.25) is 0 Å². The molecular formula is C5H9NS2. The Morgan fingerprint density at radius 3 is 2.50 bits per heavy atom. The first-order chi connectivity index (χ1) is 3.85. The largest absolute Gasteiger partial charge is 0.265 e. The van der Waals surface area contributed by atoms with Crippen molar-refractivity contribution in [3.8, 4) is 0 Å². The van der Waals surface area contributed by atoms with E-state index in [-0.39, 0.29) is 0 Å². The Morgan fingerprint density at radius 2 is 2.38 bits per heavy atom. The molecule has 0 aliphatic carbocycles. The Bertz CT molecular complexity index is 104. The van der Waals surface area contributed by atoms with E-state index in [1.165, 1.54) is 0 Å². The molecule has 0 spiro atoms. The number of hydrogen-bond acceptors (Lipinski definition) is 3. The minimum absolute atomic E-state index is 0.647. The summed E-state index contributed by atoms with van der Waals surface area (Å²) in [5.41, 5.74) is 0.888. The molecule has 0 aliphatic heterocycles. The molecule has 0 radical (unpaired) electrons. The van der Waals surface area contributed by atoms with Gasteiger partial charge in [0.15, 0.2) is 0 Å². The van der Waals surface area contributed by atoms with Crippen molar-refractivity contribution in [3.05, 3.63) is 11.1 Å². The summed E-state index contributed by atoms with van der Waals surface area (Å²) < 4.78 is 0. The lowest BCUT2D eigenvalue weighted by atomic mass is 10.6. The number of rotatable bonds is 2. The number of hydrogen-bond donors (Lipinski definition) is 2. The number of nitrogens with zero attached hydrogens (tertiary/aromatic N) is 1. The summed E-state index contributed by atoms with van der Waals surface area (Å²) in [5, 5.41) is 1.65. The van der Waals surface area contributed by atoms with E-state index in [1.54, 1.807) is 11.6 Å². The molecule has 0 aromatic heterocycles. The molecule has 0 bridgehead atoms. The van der Waals surface area contributed by atoms with E-state index in [4.69, 9.17) is 0 Å². The van der Waals surface area contributed by atoms with Crippen molar-refractivity contribution in [2.24, 2.45) is 4.99 Å². The lowest BCUT2D eigenvalue weighted by molar-refractivity contribution is 1.35. The van der Waals surface area contributed by atoms with Gasteiger partial charge in [0.25, 0.3) is 0 Å². The van der Waals surface area contributed by atoms with Gasteiger partial charge in [-0.25, -0.2) is 0 Å². The minimum atomic E-state index is 0.647. The smallest absolute Gasteiger partial charge is 0.0556 e. The van der Waals surface area contributed by atoms with Gasteiger partial charge in [-0.05, 0) is 12.3 Å². The molecule has 3 heteroatoms. The van der Waals surface area contributed by atoms with Crippen LogP contribution in [-0.2, 0) is 0 Å². The summed E-state index contributed by atoms with van der Waals surface area (Å²) in [6.07, 6.45) is 1.72. The SMILES string of the molecule is C/C=N/C(=C\S)CS. The zero-order chi connectivity index (χ0) is 6.41. The third-order valence-corrected chi connectivity index (χ3v) is 1.23. The topological polar surface area (TPSA) is 12.4 Å². The van der Waals surface area contributed by atoms with Crippen LogP contribution >= 0.6 is 25.3 Å². The summed E-state index contributed by atoms with van der Waals surface area (Å²) in [6.45, 7) is 1.86. The molecule has 0 N–H and O–H groups in total. The van der Waals surface area contributed by atoms with Crippen molar-refractivity contribution in [3.63, 3.8) is 0 Å². The Kier molecular flexibility index (Phi) is 5.32. The molecule has 0 aromatic carbocycles. The first kappa shape index (κ1) is 8.11. The van der Waals surface area contributed by atoms with E-state index < -0.39 is 0 Å². The molecule has 0 saturated carbocycles. The molecule has 0 heterocycles. The van der Waals surface area contributed by atoms with Crippen LogP contribution in [0, 0.1) is 0 Å². The monoisotopic (exact) mass is 147 g/mol. The maximum Gasteiger partial charge on any atom is 0.0556 e. The van der Waals surface area contributed by atoms with Crippen LogP contribution in [0.15, 0.2) is 16.1 Å². The summed E-state index contributed by atoms with van der Waals surface area (Å²) in [7, 11) is 0. The highest BCUT2D eigenvalue weighted by molar-refractivity contribution is 7.83. The second-order valence-corrected chi connectivity index (χ2v) is 1.74. The average molecular weight is 147 g/mol. The van der Waals surface area contributed by atoms with Gasteiger partial charge in [0.2, 0.25) is 0 Å². The number of thiol groups is 2. The first-order valence-corrected chi connectivity index (χ1v) is 3.42. The van der Waals surface area contributed by atoms with Crippen molar-refractivity contribution in [2.45, 2.75) is 6.92 Å². The van der Waals surface area contributed by atoms with Crippen LogP contribution in [0.5, 0.6) is 0 Å². The second kappa shape index (κ2) is 5.25. The van der Waals surface area contributed by atoms with Crippen LogP contribution in [-0.4, -0.2) is 12.0 Å². The van der Waals surface area contributed by atoms with Crippen molar-refractivity contribution >= 4 is 31.5 Å². The average Bonchev–Trinajstić information content (AvgIpc) is 1.83. The van der Waals surface area contributed by atoms with E-state index in [0.717, 1.165) is 5.70 Å². The van der Waals surface area contributed by atoms with Crippen LogP contribution in [0.3, 0.4) is 0 Å². The second-order valence-electron chi connectivity index (χ2n) is 1.17. The fourth-order valence-corrected chi connectivity index (χ4v) is 0.756. The van der Waals surface area contributed by atoms with Gasteiger partial charge >= 0.3 is 0 Å². The normalized spacial score (nSPS) is 13.1. The fourth-order valence-electron chi connectivity index (χ4n) is 0.281. The molecular weight excluding hydrogens is 138 g/mol. The Morgan fingerprint density at radius 1 is 1.75 bits per heavy atom. The fraction of sp³-hybridized carbons (Fsp3) is 0.400. The standard InChI is InChI=1S/C5H9NS2/c1-2-6-5(3-7)4-8/h2-3,7-8H,4H2,1H3/b5-3-,6-2+. The third-order valence-electron chi connectivity index (χ3n) is 0.606. The summed E-state index contributed by atoms with van der Waals surface area (Å²) in [5.74, 6) is 0.647. The predicted molar refractivity (Wildman–Crippen MR) is 45.1 cm³/mol. The van der Waals surface area contributed by atoms with Crippen LogP contribution in [0.25, 0.3) is 0 Å². The molecule has 1 nitrogen and oxygen atoms in total. The van der Waals surface area contributed by atoms with Crippen LogP contribution in [0.4, 0.5) is 0 Å². The molecule has 46 valence electrons. The first-order valence-electron chi connectivity index (χ1n) is 2.28. The zero-order valence-corrected chi connectivity index (χ0v) is 6.49. The molecule has 0 rings (SSSR count). The summed E-state index contributed by atoms with van der Waals surface area (Å²) in [4.78, 5) is 3.94. The van der Waals surface area contributed by atoms with Crippen LogP contribution < -0.4 is 0 Å². The van der Waals surface area contributed by atoms with Gasteiger partial charge in [0, 0.05) is 12.0 Å². The van der Waals surface area contributed by atoms with E-state index in [9.17, 15) is 0 Å². The van der Waals surface area contributed by atoms with Crippen LogP contribution in [0.1, 0.15) is 6.92 Å². The van der Waals surface area contributed by atoms with Crippen molar-refractivity contribution in [2.75, 3.05) is 5.75 Å². The van der Waals surface area contributed by atoms with Gasteiger partial charge in [-0.1, -0.05) is 0 Å². The van der Waals surface area contributed by atoms with E-state index >= 15 is 0 Å². The Hall–Kier alpha value is 0.110. The number of aliphatic imine (C=N–C) groups is 1. The quantitative estimate of drug-likeness (QED) is 0.436. The van der Waals surface area contributed by atoms with E-state index in [1.807, 2.05) is 6.92 Å². The van der Waals surface area contributed by atoms with Crippen molar-refractivity contribution in [1.29, 1.82) is 0 Å². The molecule has 0 saturated heterocycles. The van der Waals surface area contributed by atoms with E-state index in [0.29, 0.717) is 5.75 Å². The maximum atomic E-state index is 4.00.